The fourth-order valence-electron chi connectivity index (χ4n) is 2.39. The molecule has 100 valence electrons. The van der Waals surface area contributed by atoms with Crippen LogP contribution < -0.4 is 0 Å². The lowest BCUT2D eigenvalue weighted by molar-refractivity contribution is -0.310. The van der Waals surface area contributed by atoms with E-state index in [-0.39, 0.29) is 6.10 Å². The highest BCUT2D eigenvalue weighted by Crippen LogP contribution is 2.27. The Morgan fingerprint density at radius 1 is 1.00 bits per heavy atom. The second-order valence-electron chi connectivity index (χ2n) is 4.74. The molecule has 0 aromatic heterocycles. The van der Waals surface area contributed by atoms with E-state index >= 15 is 0 Å². The van der Waals surface area contributed by atoms with E-state index in [0.29, 0.717) is 0 Å². The van der Waals surface area contributed by atoms with Crippen molar-refractivity contribution < 1.29 is 29.9 Å². The monoisotopic (exact) mass is 248 g/mol. The topological polar surface area (TPSA) is 99.4 Å². The lowest BCUT2D eigenvalue weighted by atomic mass is 9.99. The van der Waals surface area contributed by atoms with E-state index in [9.17, 15) is 15.3 Å². The molecular formula is C11H20O6. The third-order valence-corrected chi connectivity index (χ3v) is 3.48. The SMILES string of the molecule is OCC1O[C@H](OC2CCCC2)C(O)C(O)[C@@H]1O. The summed E-state index contributed by atoms with van der Waals surface area (Å²) in [5.74, 6) is 0. The van der Waals surface area contributed by atoms with E-state index in [1.165, 1.54) is 0 Å². The summed E-state index contributed by atoms with van der Waals surface area (Å²) >= 11 is 0. The summed E-state index contributed by atoms with van der Waals surface area (Å²) in [4.78, 5) is 0. The molecule has 0 spiro atoms. The summed E-state index contributed by atoms with van der Waals surface area (Å²) in [5.41, 5.74) is 0. The molecule has 4 N–H and O–H groups in total. The molecule has 1 aliphatic heterocycles. The molecule has 6 nitrogen and oxygen atoms in total. The molecule has 0 aromatic carbocycles. The minimum absolute atomic E-state index is 0.0245. The fourth-order valence-corrected chi connectivity index (χ4v) is 2.39. The third-order valence-electron chi connectivity index (χ3n) is 3.48. The molecule has 2 fully saturated rings. The molecule has 1 saturated heterocycles. The van der Waals surface area contributed by atoms with Gasteiger partial charge in [-0.1, -0.05) is 12.8 Å². The van der Waals surface area contributed by atoms with Crippen molar-refractivity contribution >= 4 is 0 Å². The summed E-state index contributed by atoms with van der Waals surface area (Å²) in [5, 5.41) is 37.9. The minimum Gasteiger partial charge on any atom is -0.394 e. The van der Waals surface area contributed by atoms with Gasteiger partial charge < -0.3 is 29.9 Å². The quantitative estimate of drug-likeness (QED) is 0.498. The first-order valence-electron chi connectivity index (χ1n) is 6.09. The first kappa shape index (κ1) is 13.2. The summed E-state index contributed by atoms with van der Waals surface area (Å²) in [7, 11) is 0. The standard InChI is InChI=1S/C11H20O6/c12-5-7-8(13)9(14)10(15)11(17-7)16-6-3-1-2-4-6/h6-15H,1-5H2/t7?,8-,9?,10?,11+/m1/s1. The summed E-state index contributed by atoms with van der Waals surface area (Å²) in [6.45, 7) is -0.421. The molecule has 1 heterocycles. The van der Waals surface area contributed by atoms with Gasteiger partial charge in [0.05, 0.1) is 12.7 Å². The molecule has 0 amide bonds. The van der Waals surface area contributed by atoms with Crippen LogP contribution in [0.25, 0.3) is 0 Å². The van der Waals surface area contributed by atoms with Crippen LogP contribution in [-0.4, -0.2) is 63.8 Å². The highest BCUT2D eigenvalue weighted by atomic mass is 16.7. The lowest BCUT2D eigenvalue weighted by Crippen LogP contribution is -2.59. The van der Waals surface area contributed by atoms with Gasteiger partial charge in [-0.15, -0.1) is 0 Å². The Bertz CT molecular complexity index is 238. The number of ether oxygens (including phenoxy) is 2. The fraction of sp³-hybridized carbons (Fsp3) is 1.00. The average molecular weight is 248 g/mol. The zero-order chi connectivity index (χ0) is 12.4. The second kappa shape index (κ2) is 5.60. The third kappa shape index (κ3) is 2.78. The van der Waals surface area contributed by atoms with Gasteiger partial charge in [0, 0.05) is 0 Å². The zero-order valence-electron chi connectivity index (χ0n) is 9.60. The van der Waals surface area contributed by atoms with Crippen LogP contribution in [0, 0.1) is 0 Å². The Kier molecular flexibility index (Phi) is 4.35. The number of hydrogen-bond donors (Lipinski definition) is 4. The van der Waals surface area contributed by atoms with Crippen molar-refractivity contribution in [3.8, 4) is 0 Å². The van der Waals surface area contributed by atoms with Crippen molar-refractivity contribution in [3.05, 3.63) is 0 Å². The molecule has 2 aliphatic rings. The van der Waals surface area contributed by atoms with E-state index in [4.69, 9.17) is 14.6 Å². The Balaban J connectivity index is 1.95. The van der Waals surface area contributed by atoms with Crippen molar-refractivity contribution in [2.75, 3.05) is 6.61 Å². The number of aliphatic hydroxyl groups excluding tert-OH is 4. The van der Waals surface area contributed by atoms with Gasteiger partial charge in [-0.05, 0) is 12.8 Å². The van der Waals surface area contributed by atoms with Gasteiger partial charge in [0.2, 0.25) is 0 Å². The van der Waals surface area contributed by atoms with Crippen molar-refractivity contribution in [1.29, 1.82) is 0 Å². The van der Waals surface area contributed by atoms with Crippen molar-refractivity contribution in [3.63, 3.8) is 0 Å². The molecule has 0 radical (unpaired) electrons. The highest BCUT2D eigenvalue weighted by molar-refractivity contribution is 4.89. The zero-order valence-corrected chi connectivity index (χ0v) is 9.60. The van der Waals surface area contributed by atoms with Crippen LogP contribution in [0.5, 0.6) is 0 Å². The molecule has 17 heavy (non-hydrogen) atoms. The van der Waals surface area contributed by atoms with Crippen molar-refractivity contribution in [1.82, 2.24) is 0 Å². The van der Waals surface area contributed by atoms with Gasteiger partial charge in [0.1, 0.15) is 24.4 Å². The predicted molar refractivity (Wildman–Crippen MR) is 57.1 cm³/mol. The summed E-state index contributed by atoms with van der Waals surface area (Å²) in [6, 6.07) is 0. The molecular weight excluding hydrogens is 228 g/mol. The Hall–Kier alpha value is -0.240. The highest BCUT2D eigenvalue weighted by Gasteiger charge is 2.44. The number of rotatable bonds is 3. The number of aliphatic hydroxyl groups is 4. The number of hydrogen-bond acceptors (Lipinski definition) is 6. The first-order chi connectivity index (χ1) is 8.13. The molecule has 0 bridgehead atoms. The van der Waals surface area contributed by atoms with Gasteiger partial charge in [0.25, 0.3) is 0 Å². The second-order valence-corrected chi connectivity index (χ2v) is 4.74. The van der Waals surface area contributed by atoms with Gasteiger partial charge in [-0.3, -0.25) is 0 Å². The Morgan fingerprint density at radius 3 is 2.24 bits per heavy atom. The van der Waals surface area contributed by atoms with Crippen molar-refractivity contribution in [2.24, 2.45) is 0 Å². The normalized spacial score (nSPS) is 44.1. The van der Waals surface area contributed by atoms with Crippen LogP contribution in [0.1, 0.15) is 25.7 Å². The molecule has 1 saturated carbocycles. The molecule has 6 heteroatoms. The first-order valence-corrected chi connectivity index (χ1v) is 6.09. The Morgan fingerprint density at radius 2 is 1.65 bits per heavy atom. The molecule has 5 atom stereocenters. The van der Waals surface area contributed by atoms with Crippen LogP contribution in [0.2, 0.25) is 0 Å². The smallest absolute Gasteiger partial charge is 0.186 e. The lowest BCUT2D eigenvalue weighted by Gasteiger charge is -2.40. The largest absolute Gasteiger partial charge is 0.394 e. The maximum Gasteiger partial charge on any atom is 0.186 e. The molecule has 3 unspecified atom stereocenters. The predicted octanol–water partition coefficient (Wildman–Crippen LogP) is -1.25. The van der Waals surface area contributed by atoms with E-state index in [0.717, 1.165) is 25.7 Å². The minimum atomic E-state index is -1.35. The van der Waals surface area contributed by atoms with Gasteiger partial charge in [-0.25, -0.2) is 0 Å². The molecule has 2 rings (SSSR count). The van der Waals surface area contributed by atoms with Gasteiger partial charge in [-0.2, -0.15) is 0 Å². The van der Waals surface area contributed by atoms with Crippen molar-refractivity contribution in [2.45, 2.75) is 62.5 Å². The van der Waals surface area contributed by atoms with E-state index in [2.05, 4.69) is 0 Å². The Labute approximate surface area is 99.8 Å². The van der Waals surface area contributed by atoms with Crippen LogP contribution in [0.3, 0.4) is 0 Å². The van der Waals surface area contributed by atoms with Gasteiger partial charge in [0.15, 0.2) is 6.29 Å². The maximum absolute atomic E-state index is 9.74. The average Bonchev–Trinajstić information content (AvgIpc) is 2.83. The summed E-state index contributed by atoms with van der Waals surface area (Å²) < 4.78 is 10.8. The van der Waals surface area contributed by atoms with Crippen LogP contribution in [0.4, 0.5) is 0 Å². The van der Waals surface area contributed by atoms with Gasteiger partial charge >= 0.3 is 0 Å². The van der Waals surface area contributed by atoms with Crippen LogP contribution >= 0.6 is 0 Å². The maximum atomic E-state index is 9.74. The van der Waals surface area contributed by atoms with E-state index in [1.54, 1.807) is 0 Å². The van der Waals surface area contributed by atoms with Crippen LogP contribution in [-0.2, 0) is 9.47 Å². The van der Waals surface area contributed by atoms with E-state index < -0.39 is 37.3 Å². The summed E-state index contributed by atoms with van der Waals surface area (Å²) in [6.07, 6.45) is -1.81. The molecule has 1 aliphatic carbocycles. The molecule has 0 aromatic rings. The van der Waals surface area contributed by atoms with Crippen LogP contribution in [0.15, 0.2) is 0 Å². The van der Waals surface area contributed by atoms with E-state index in [1.807, 2.05) is 0 Å².